The Morgan fingerprint density at radius 2 is 2.00 bits per heavy atom. The quantitative estimate of drug-likeness (QED) is 0.571. The Bertz CT molecular complexity index is 1020. The lowest BCUT2D eigenvalue weighted by Gasteiger charge is -2.08. The summed E-state index contributed by atoms with van der Waals surface area (Å²) in [6.07, 6.45) is -1.92. The van der Waals surface area contributed by atoms with Gasteiger partial charge >= 0.3 is 6.18 Å². The van der Waals surface area contributed by atoms with Crippen molar-refractivity contribution in [1.82, 2.24) is 0 Å². The van der Waals surface area contributed by atoms with E-state index in [2.05, 4.69) is 5.32 Å². The molecule has 1 amide bonds. The number of alkyl halides is 3. The zero-order valence-corrected chi connectivity index (χ0v) is 14.7. The summed E-state index contributed by atoms with van der Waals surface area (Å²) >= 11 is 5.99. The minimum atomic E-state index is -4.48. The first kappa shape index (κ1) is 18.8. The van der Waals surface area contributed by atoms with Crippen LogP contribution in [0.5, 0.6) is 5.75 Å². The van der Waals surface area contributed by atoms with E-state index in [1.54, 1.807) is 18.2 Å². The van der Waals surface area contributed by atoms with E-state index in [1.807, 2.05) is 0 Å². The standard InChI is InChI=1S/C19H13ClF3NO3/c1-26-16-10-13(20)7-11-8-15(27-18(11)16)5-6-17(25)24-14-4-2-3-12(9-14)19(21,22)23/h2-10H,1H3,(H,24,25)/b6-5+. The Kier molecular flexibility index (Phi) is 5.14. The number of carbonyl (C=O) groups excluding carboxylic acids is 1. The number of furan rings is 1. The molecule has 0 unspecified atom stereocenters. The van der Waals surface area contributed by atoms with Gasteiger partial charge in [-0.1, -0.05) is 17.7 Å². The predicted molar refractivity (Wildman–Crippen MR) is 96.9 cm³/mol. The lowest BCUT2D eigenvalue weighted by molar-refractivity contribution is -0.137. The number of halogens is 4. The van der Waals surface area contributed by atoms with Crippen molar-refractivity contribution in [3.8, 4) is 5.75 Å². The highest BCUT2D eigenvalue weighted by Crippen LogP contribution is 2.33. The van der Waals surface area contributed by atoms with Gasteiger partial charge in [-0.3, -0.25) is 4.79 Å². The van der Waals surface area contributed by atoms with E-state index in [9.17, 15) is 18.0 Å². The van der Waals surface area contributed by atoms with Gasteiger partial charge in [0.05, 0.1) is 12.7 Å². The minimum absolute atomic E-state index is 0.0394. The number of hydrogen-bond donors (Lipinski definition) is 1. The van der Waals surface area contributed by atoms with Crippen LogP contribution in [0.4, 0.5) is 18.9 Å². The van der Waals surface area contributed by atoms with E-state index < -0.39 is 17.6 Å². The molecular weight excluding hydrogens is 383 g/mol. The summed E-state index contributed by atoms with van der Waals surface area (Å²) in [7, 11) is 1.48. The molecule has 4 nitrogen and oxygen atoms in total. The van der Waals surface area contributed by atoms with Gasteiger partial charge in [0.25, 0.3) is 0 Å². The van der Waals surface area contributed by atoms with Crippen LogP contribution in [0.15, 0.2) is 53.0 Å². The maximum absolute atomic E-state index is 12.7. The summed E-state index contributed by atoms with van der Waals surface area (Å²) in [5.74, 6) is 0.218. The largest absolute Gasteiger partial charge is 0.493 e. The minimum Gasteiger partial charge on any atom is -0.493 e. The van der Waals surface area contributed by atoms with Crippen LogP contribution in [0.25, 0.3) is 17.0 Å². The SMILES string of the molecule is COc1cc(Cl)cc2cc(/C=C/C(=O)Nc3cccc(C(F)(F)F)c3)oc12. The molecule has 1 N–H and O–H groups in total. The van der Waals surface area contributed by atoms with Gasteiger partial charge in [0.2, 0.25) is 5.91 Å². The summed E-state index contributed by atoms with van der Waals surface area (Å²) in [5.41, 5.74) is -0.331. The number of methoxy groups -OCH3 is 1. The van der Waals surface area contributed by atoms with Gasteiger partial charge in [0.1, 0.15) is 5.76 Å². The third-order valence-electron chi connectivity index (χ3n) is 3.64. The average Bonchev–Trinajstić information content (AvgIpc) is 3.01. The van der Waals surface area contributed by atoms with E-state index in [1.165, 1.54) is 25.3 Å². The van der Waals surface area contributed by atoms with Crippen LogP contribution in [-0.4, -0.2) is 13.0 Å². The molecular formula is C19H13ClF3NO3. The Hall–Kier alpha value is -2.93. The van der Waals surface area contributed by atoms with Gasteiger partial charge in [-0.05, 0) is 36.4 Å². The number of hydrogen-bond acceptors (Lipinski definition) is 3. The normalized spacial score (nSPS) is 11.9. The molecule has 0 saturated carbocycles. The molecule has 1 heterocycles. The molecule has 140 valence electrons. The summed E-state index contributed by atoms with van der Waals surface area (Å²) in [6.45, 7) is 0. The van der Waals surface area contributed by atoms with Crippen molar-refractivity contribution >= 4 is 40.2 Å². The number of amides is 1. The number of benzene rings is 2. The molecule has 0 aliphatic rings. The topological polar surface area (TPSA) is 51.5 Å². The molecule has 27 heavy (non-hydrogen) atoms. The maximum atomic E-state index is 12.7. The van der Waals surface area contributed by atoms with Crippen molar-refractivity contribution < 1.29 is 27.1 Å². The highest BCUT2D eigenvalue weighted by atomic mass is 35.5. The van der Waals surface area contributed by atoms with Gasteiger partial charge in [-0.15, -0.1) is 0 Å². The van der Waals surface area contributed by atoms with Crippen LogP contribution in [-0.2, 0) is 11.0 Å². The Labute approximate surface area is 157 Å². The fourth-order valence-electron chi connectivity index (χ4n) is 2.45. The molecule has 3 aromatic rings. The van der Waals surface area contributed by atoms with Crippen LogP contribution in [0.1, 0.15) is 11.3 Å². The second-order valence-corrected chi connectivity index (χ2v) is 6.01. The van der Waals surface area contributed by atoms with Crippen LogP contribution >= 0.6 is 11.6 Å². The van der Waals surface area contributed by atoms with Crippen LogP contribution in [0.3, 0.4) is 0 Å². The summed E-state index contributed by atoms with van der Waals surface area (Å²) in [5, 5.41) is 3.54. The second-order valence-electron chi connectivity index (χ2n) is 5.58. The predicted octanol–water partition coefficient (Wildman–Crippen LogP) is 5.77. The van der Waals surface area contributed by atoms with Gasteiger partial charge in [0, 0.05) is 28.2 Å². The van der Waals surface area contributed by atoms with Crippen molar-refractivity contribution in [3.63, 3.8) is 0 Å². The fraction of sp³-hybridized carbons (Fsp3) is 0.105. The Morgan fingerprint density at radius 1 is 1.22 bits per heavy atom. The average molecular weight is 396 g/mol. The van der Waals surface area contributed by atoms with E-state index >= 15 is 0 Å². The summed E-state index contributed by atoms with van der Waals surface area (Å²) < 4.78 is 48.9. The van der Waals surface area contributed by atoms with Gasteiger partial charge < -0.3 is 14.5 Å². The Balaban J connectivity index is 1.76. The van der Waals surface area contributed by atoms with E-state index in [0.29, 0.717) is 27.5 Å². The molecule has 0 saturated heterocycles. The summed E-state index contributed by atoms with van der Waals surface area (Å²) in [6, 6.07) is 9.33. The van der Waals surface area contributed by atoms with Crippen molar-refractivity contribution in [2.45, 2.75) is 6.18 Å². The molecule has 8 heteroatoms. The van der Waals surface area contributed by atoms with Crippen LogP contribution in [0.2, 0.25) is 5.02 Å². The highest BCUT2D eigenvalue weighted by molar-refractivity contribution is 6.31. The number of nitrogens with one attached hydrogen (secondary N) is 1. The third kappa shape index (κ3) is 4.43. The first-order valence-electron chi connectivity index (χ1n) is 7.69. The zero-order valence-electron chi connectivity index (χ0n) is 13.9. The number of rotatable bonds is 4. The highest BCUT2D eigenvalue weighted by Gasteiger charge is 2.30. The van der Waals surface area contributed by atoms with Crippen molar-refractivity contribution in [2.75, 3.05) is 12.4 Å². The van der Waals surface area contributed by atoms with Crippen molar-refractivity contribution in [1.29, 1.82) is 0 Å². The van der Waals surface area contributed by atoms with Crippen molar-refractivity contribution in [2.24, 2.45) is 0 Å². The van der Waals surface area contributed by atoms with E-state index in [-0.39, 0.29) is 5.69 Å². The number of anilines is 1. The van der Waals surface area contributed by atoms with Gasteiger partial charge in [-0.2, -0.15) is 13.2 Å². The van der Waals surface area contributed by atoms with Crippen LogP contribution in [0, 0.1) is 0 Å². The molecule has 0 bridgehead atoms. The number of carbonyl (C=O) groups is 1. The molecule has 0 aliphatic carbocycles. The summed E-state index contributed by atoms with van der Waals surface area (Å²) in [4.78, 5) is 12.0. The lowest BCUT2D eigenvalue weighted by Crippen LogP contribution is -2.10. The van der Waals surface area contributed by atoms with Gasteiger partial charge in [-0.25, -0.2) is 0 Å². The third-order valence-corrected chi connectivity index (χ3v) is 3.86. The van der Waals surface area contributed by atoms with Crippen molar-refractivity contribution in [3.05, 3.63) is 64.9 Å². The molecule has 2 aromatic carbocycles. The van der Waals surface area contributed by atoms with Crippen LogP contribution < -0.4 is 10.1 Å². The first-order valence-corrected chi connectivity index (χ1v) is 8.07. The molecule has 0 spiro atoms. The molecule has 3 rings (SSSR count). The maximum Gasteiger partial charge on any atom is 0.416 e. The number of ether oxygens (including phenoxy) is 1. The molecule has 0 fully saturated rings. The molecule has 0 aliphatic heterocycles. The van der Waals surface area contributed by atoms with E-state index in [4.69, 9.17) is 20.8 Å². The lowest BCUT2D eigenvalue weighted by atomic mass is 10.2. The van der Waals surface area contributed by atoms with Gasteiger partial charge in [0.15, 0.2) is 11.3 Å². The zero-order chi connectivity index (χ0) is 19.6. The molecule has 0 radical (unpaired) electrons. The smallest absolute Gasteiger partial charge is 0.416 e. The molecule has 0 atom stereocenters. The first-order chi connectivity index (χ1) is 12.8. The monoisotopic (exact) mass is 395 g/mol. The molecule has 1 aromatic heterocycles. The second kappa shape index (κ2) is 7.36. The number of fused-ring (bicyclic) bond motifs is 1. The Morgan fingerprint density at radius 3 is 2.70 bits per heavy atom. The fourth-order valence-corrected chi connectivity index (χ4v) is 2.67. The van der Waals surface area contributed by atoms with E-state index in [0.717, 1.165) is 18.2 Å².